The summed E-state index contributed by atoms with van der Waals surface area (Å²) in [4.78, 5) is 11.9. The molecular formula is C13H18N4O2. The molecule has 0 unspecified atom stereocenters. The number of nitrogens with zero attached hydrogens (tertiary/aromatic N) is 3. The molecule has 6 heteroatoms. The first kappa shape index (κ1) is 13.3. The van der Waals surface area contributed by atoms with Crippen LogP contribution in [0.5, 0.6) is 0 Å². The summed E-state index contributed by atoms with van der Waals surface area (Å²) in [6.45, 7) is 6.26. The second-order valence-electron chi connectivity index (χ2n) is 4.68. The number of nitrogens with one attached hydrogen (secondary N) is 1. The van der Waals surface area contributed by atoms with Gasteiger partial charge in [-0.15, -0.1) is 0 Å². The second-order valence-corrected chi connectivity index (χ2v) is 4.68. The van der Waals surface area contributed by atoms with Crippen LogP contribution in [0.3, 0.4) is 0 Å². The fraction of sp³-hybridized carbons (Fsp3) is 0.462. The van der Waals surface area contributed by atoms with Crippen molar-refractivity contribution >= 4 is 5.91 Å². The van der Waals surface area contributed by atoms with Gasteiger partial charge in [-0.1, -0.05) is 5.16 Å². The molecule has 2 heterocycles. The molecule has 6 nitrogen and oxygen atoms in total. The Kier molecular flexibility index (Phi) is 3.99. The Labute approximate surface area is 111 Å². The average molecular weight is 262 g/mol. The van der Waals surface area contributed by atoms with Crippen LogP contribution in [0.2, 0.25) is 0 Å². The lowest BCUT2D eigenvalue weighted by Crippen LogP contribution is -2.36. The minimum Gasteiger partial charge on any atom is -0.361 e. The summed E-state index contributed by atoms with van der Waals surface area (Å²) in [6.07, 6.45) is 3.89. The maximum atomic E-state index is 11.9. The van der Waals surface area contributed by atoms with Crippen LogP contribution in [0.1, 0.15) is 23.9 Å². The topological polar surface area (TPSA) is 73.0 Å². The van der Waals surface area contributed by atoms with E-state index in [0.29, 0.717) is 18.7 Å². The quantitative estimate of drug-likeness (QED) is 0.879. The molecule has 0 aliphatic heterocycles. The summed E-state index contributed by atoms with van der Waals surface area (Å²) in [6, 6.07) is 1.88. The van der Waals surface area contributed by atoms with E-state index in [0.717, 1.165) is 11.3 Å². The van der Waals surface area contributed by atoms with Crippen molar-refractivity contribution in [1.82, 2.24) is 20.3 Å². The minimum atomic E-state index is -0.0333. The van der Waals surface area contributed by atoms with Crippen LogP contribution in [0.15, 0.2) is 23.0 Å². The Morgan fingerprint density at radius 2 is 2.32 bits per heavy atom. The van der Waals surface area contributed by atoms with Crippen LogP contribution < -0.4 is 5.32 Å². The molecule has 0 aliphatic rings. The van der Waals surface area contributed by atoms with Crippen LogP contribution in [-0.4, -0.2) is 26.9 Å². The molecule has 1 atom stereocenters. The Hall–Kier alpha value is -2.11. The zero-order valence-electron chi connectivity index (χ0n) is 11.4. The molecule has 0 bridgehead atoms. The number of amides is 1. The van der Waals surface area contributed by atoms with Gasteiger partial charge in [0.2, 0.25) is 5.91 Å². The van der Waals surface area contributed by atoms with Crippen molar-refractivity contribution in [3.8, 4) is 0 Å². The highest BCUT2D eigenvalue weighted by molar-refractivity contribution is 5.79. The monoisotopic (exact) mass is 262 g/mol. The number of rotatable bonds is 5. The molecule has 19 heavy (non-hydrogen) atoms. The molecule has 0 saturated carbocycles. The van der Waals surface area contributed by atoms with E-state index >= 15 is 0 Å². The fourth-order valence-electron chi connectivity index (χ4n) is 1.98. The first-order chi connectivity index (χ1) is 9.06. The smallest absolute Gasteiger partial charge is 0.224 e. The third-order valence-electron chi connectivity index (χ3n) is 2.95. The molecule has 2 aromatic heterocycles. The third kappa shape index (κ3) is 3.43. The van der Waals surface area contributed by atoms with Gasteiger partial charge in [-0.05, 0) is 26.8 Å². The Bertz CT molecular complexity index is 525. The van der Waals surface area contributed by atoms with E-state index in [1.54, 1.807) is 10.9 Å². The molecule has 2 aromatic rings. The van der Waals surface area contributed by atoms with Gasteiger partial charge in [0, 0.05) is 24.0 Å². The van der Waals surface area contributed by atoms with Gasteiger partial charge in [0.15, 0.2) is 0 Å². The van der Waals surface area contributed by atoms with Gasteiger partial charge in [0.05, 0.1) is 18.7 Å². The lowest BCUT2D eigenvalue weighted by Gasteiger charge is -2.13. The fourth-order valence-corrected chi connectivity index (χ4v) is 1.98. The van der Waals surface area contributed by atoms with Crippen molar-refractivity contribution in [2.75, 3.05) is 0 Å². The molecular weight excluding hydrogens is 244 g/mol. The normalized spacial score (nSPS) is 12.4. The van der Waals surface area contributed by atoms with E-state index in [-0.39, 0.29) is 11.9 Å². The average Bonchev–Trinajstić information content (AvgIpc) is 2.94. The van der Waals surface area contributed by atoms with Crippen molar-refractivity contribution in [3.05, 3.63) is 35.5 Å². The maximum Gasteiger partial charge on any atom is 0.224 e. The van der Waals surface area contributed by atoms with Crippen LogP contribution in [0.25, 0.3) is 0 Å². The number of aromatic nitrogens is 3. The van der Waals surface area contributed by atoms with E-state index in [1.807, 2.05) is 33.0 Å². The number of aryl methyl sites for hydroxylation is 2. The van der Waals surface area contributed by atoms with E-state index in [1.165, 1.54) is 0 Å². The van der Waals surface area contributed by atoms with Gasteiger partial charge in [-0.25, -0.2) is 0 Å². The third-order valence-corrected chi connectivity index (χ3v) is 2.95. The summed E-state index contributed by atoms with van der Waals surface area (Å²) in [5.74, 6) is 0.668. The van der Waals surface area contributed by atoms with Gasteiger partial charge in [-0.3, -0.25) is 9.48 Å². The lowest BCUT2D eigenvalue weighted by molar-refractivity contribution is -0.121. The Morgan fingerprint density at radius 1 is 1.53 bits per heavy atom. The first-order valence-corrected chi connectivity index (χ1v) is 6.25. The summed E-state index contributed by atoms with van der Waals surface area (Å²) in [5, 5.41) is 10.9. The van der Waals surface area contributed by atoms with Gasteiger partial charge >= 0.3 is 0 Å². The van der Waals surface area contributed by atoms with Crippen molar-refractivity contribution in [3.63, 3.8) is 0 Å². The number of hydrogen-bond donors (Lipinski definition) is 1. The van der Waals surface area contributed by atoms with Crippen molar-refractivity contribution in [1.29, 1.82) is 0 Å². The van der Waals surface area contributed by atoms with E-state index in [4.69, 9.17) is 4.52 Å². The number of hydrogen-bond acceptors (Lipinski definition) is 4. The highest BCUT2D eigenvalue weighted by Crippen LogP contribution is 2.12. The van der Waals surface area contributed by atoms with Crippen LogP contribution >= 0.6 is 0 Å². The van der Waals surface area contributed by atoms with Crippen molar-refractivity contribution in [2.45, 2.75) is 39.8 Å². The zero-order valence-corrected chi connectivity index (χ0v) is 11.4. The van der Waals surface area contributed by atoms with Crippen LogP contribution in [0, 0.1) is 13.8 Å². The predicted octanol–water partition coefficient (Wildman–Crippen LogP) is 1.24. The lowest BCUT2D eigenvalue weighted by atomic mass is 10.1. The van der Waals surface area contributed by atoms with Gasteiger partial charge < -0.3 is 9.84 Å². The molecule has 0 aliphatic carbocycles. The number of carbonyl (C=O) groups is 1. The molecule has 102 valence electrons. The number of carbonyl (C=O) groups excluding carboxylic acids is 1. The minimum absolute atomic E-state index is 0.0212. The summed E-state index contributed by atoms with van der Waals surface area (Å²) >= 11 is 0. The first-order valence-electron chi connectivity index (χ1n) is 6.25. The second kappa shape index (κ2) is 5.69. The Balaban J connectivity index is 1.87. The Morgan fingerprint density at radius 3 is 2.89 bits per heavy atom. The molecule has 0 saturated heterocycles. The predicted molar refractivity (Wildman–Crippen MR) is 69.5 cm³/mol. The summed E-state index contributed by atoms with van der Waals surface area (Å²) in [5.41, 5.74) is 1.64. The van der Waals surface area contributed by atoms with Gasteiger partial charge in [0.25, 0.3) is 0 Å². The molecule has 0 fully saturated rings. The summed E-state index contributed by atoms with van der Waals surface area (Å²) in [7, 11) is 0. The van der Waals surface area contributed by atoms with Crippen LogP contribution in [-0.2, 0) is 17.8 Å². The van der Waals surface area contributed by atoms with Gasteiger partial charge in [0.1, 0.15) is 5.76 Å². The van der Waals surface area contributed by atoms with Crippen molar-refractivity contribution in [2.24, 2.45) is 0 Å². The largest absolute Gasteiger partial charge is 0.361 e. The molecule has 0 aromatic carbocycles. The maximum absolute atomic E-state index is 11.9. The highest BCUT2D eigenvalue weighted by Gasteiger charge is 2.15. The molecule has 2 rings (SSSR count). The molecule has 0 spiro atoms. The molecule has 1 amide bonds. The SMILES string of the molecule is Cc1noc(C)c1CC(=O)N[C@@H](C)Cn1cccn1. The molecule has 1 N–H and O–H groups in total. The van der Waals surface area contributed by atoms with E-state index in [9.17, 15) is 4.79 Å². The highest BCUT2D eigenvalue weighted by atomic mass is 16.5. The van der Waals surface area contributed by atoms with Crippen molar-refractivity contribution < 1.29 is 9.32 Å². The zero-order chi connectivity index (χ0) is 13.8. The van der Waals surface area contributed by atoms with E-state index < -0.39 is 0 Å². The standard InChI is InChI=1S/C13H18N4O2/c1-9(8-17-6-4-5-14-17)15-13(18)7-12-10(2)16-19-11(12)3/h4-6,9H,7-8H2,1-3H3,(H,15,18)/t9-/m0/s1. The summed E-state index contributed by atoms with van der Waals surface area (Å²) < 4.78 is 6.83. The van der Waals surface area contributed by atoms with Gasteiger partial charge in [-0.2, -0.15) is 5.10 Å². The van der Waals surface area contributed by atoms with E-state index in [2.05, 4.69) is 15.6 Å². The van der Waals surface area contributed by atoms with Crippen LogP contribution in [0.4, 0.5) is 0 Å². The molecule has 0 radical (unpaired) electrons.